The van der Waals surface area contributed by atoms with Gasteiger partial charge in [-0.15, -0.1) is 16.4 Å². The Balaban J connectivity index is 1.52. The molecule has 0 saturated heterocycles. The molecule has 0 fully saturated rings. The fraction of sp³-hybridized carbons (Fsp3) is 0.0500. The maximum absolute atomic E-state index is 12.3. The predicted octanol–water partition coefficient (Wildman–Crippen LogP) is 4.58. The lowest BCUT2D eigenvalue weighted by molar-refractivity contribution is 0.0951. The second-order valence-electron chi connectivity index (χ2n) is 5.85. The summed E-state index contributed by atoms with van der Waals surface area (Å²) in [5.74, 6) is -0.105. The van der Waals surface area contributed by atoms with Crippen LogP contribution in [0.4, 0.5) is 0 Å². The number of hydrogen-bond donors (Lipinski definition) is 1. The summed E-state index contributed by atoms with van der Waals surface area (Å²) in [5.41, 5.74) is 3.24. The lowest BCUT2D eigenvalue weighted by Gasteiger charge is -2.08. The SMILES string of the molecule is O=C(NCc1cccs1)c1ccc(-n2nncc2-c2ccc(Cl)cc2)cc1. The van der Waals surface area contributed by atoms with Crippen LogP contribution in [0.25, 0.3) is 16.9 Å². The molecule has 2 heterocycles. The Bertz CT molecular complexity index is 1040. The van der Waals surface area contributed by atoms with E-state index < -0.39 is 0 Å². The smallest absolute Gasteiger partial charge is 0.251 e. The summed E-state index contributed by atoms with van der Waals surface area (Å²) in [7, 11) is 0. The van der Waals surface area contributed by atoms with E-state index in [9.17, 15) is 4.79 Å². The molecule has 2 aromatic carbocycles. The number of thiophene rings is 1. The van der Waals surface area contributed by atoms with Crippen molar-refractivity contribution in [1.29, 1.82) is 0 Å². The van der Waals surface area contributed by atoms with Crippen LogP contribution in [0.2, 0.25) is 5.02 Å². The quantitative estimate of drug-likeness (QED) is 0.539. The number of carbonyl (C=O) groups is 1. The van der Waals surface area contributed by atoms with Crippen LogP contribution in [-0.4, -0.2) is 20.9 Å². The van der Waals surface area contributed by atoms with E-state index in [2.05, 4.69) is 15.6 Å². The van der Waals surface area contributed by atoms with Crippen LogP contribution in [0.1, 0.15) is 15.2 Å². The first-order valence-corrected chi connectivity index (χ1v) is 9.54. The van der Waals surface area contributed by atoms with E-state index in [1.54, 1.807) is 34.3 Å². The molecule has 7 heteroatoms. The highest BCUT2D eigenvalue weighted by atomic mass is 35.5. The predicted molar refractivity (Wildman–Crippen MR) is 107 cm³/mol. The average molecular weight is 395 g/mol. The Morgan fingerprint density at radius 2 is 1.85 bits per heavy atom. The number of nitrogens with zero attached hydrogens (tertiary/aromatic N) is 3. The van der Waals surface area contributed by atoms with E-state index in [1.807, 2.05) is 53.9 Å². The van der Waals surface area contributed by atoms with Gasteiger partial charge < -0.3 is 5.32 Å². The molecule has 0 aliphatic heterocycles. The van der Waals surface area contributed by atoms with E-state index in [0.717, 1.165) is 21.8 Å². The third-order valence-electron chi connectivity index (χ3n) is 4.07. The van der Waals surface area contributed by atoms with Gasteiger partial charge in [-0.1, -0.05) is 35.0 Å². The summed E-state index contributed by atoms with van der Waals surface area (Å²) in [4.78, 5) is 13.4. The van der Waals surface area contributed by atoms with Gasteiger partial charge in [0, 0.05) is 21.0 Å². The minimum absolute atomic E-state index is 0.105. The van der Waals surface area contributed by atoms with E-state index in [0.29, 0.717) is 17.1 Å². The number of halogens is 1. The van der Waals surface area contributed by atoms with Gasteiger partial charge in [-0.25, -0.2) is 4.68 Å². The van der Waals surface area contributed by atoms with Gasteiger partial charge in [0.2, 0.25) is 0 Å². The van der Waals surface area contributed by atoms with E-state index in [4.69, 9.17) is 11.6 Å². The normalized spacial score (nSPS) is 10.7. The van der Waals surface area contributed by atoms with Crippen LogP contribution in [0.3, 0.4) is 0 Å². The zero-order valence-corrected chi connectivity index (χ0v) is 15.7. The van der Waals surface area contributed by atoms with Crippen LogP contribution in [0.5, 0.6) is 0 Å². The lowest BCUT2D eigenvalue weighted by Crippen LogP contribution is -2.22. The van der Waals surface area contributed by atoms with Crippen molar-refractivity contribution in [3.8, 4) is 16.9 Å². The van der Waals surface area contributed by atoms with Crippen molar-refractivity contribution in [1.82, 2.24) is 20.3 Å². The van der Waals surface area contributed by atoms with Crippen molar-refractivity contribution in [2.45, 2.75) is 6.54 Å². The Morgan fingerprint density at radius 1 is 1.07 bits per heavy atom. The van der Waals surface area contributed by atoms with Crippen LogP contribution < -0.4 is 5.32 Å². The number of amides is 1. The third-order valence-corrected chi connectivity index (χ3v) is 5.19. The maximum atomic E-state index is 12.3. The number of carbonyl (C=O) groups excluding carboxylic acids is 1. The lowest BCUT2D eigenvalue weighted by atomic mass is 10.1. The monoisotopic (exact) mass is 394 g/mol. The fourth-order valence-corrected chi connectivity index (χ4v) is 3.45. The van der Waals surface area contributed by atoms with Gasteiger partial charge in [0.05, 0.1) is 24.1 Å². The molecule has 134 valence electrons. The number of benzene rings is 2. The standard InChI is InChI=1S/C20H15ClN4OS/c21-16-7-3-14(4-8-16)19-13-23-24-25(19)17-9-5-15(6-10-17)20(26)22-12-18-2-1-11-27-18/h1-11,13H,12H2,(H,22,26). The molecule has 0 radical (unpaired) electrons. The topological polar surface area (TPSA) is 59.8 Å². The molecule has 0 spiro atoms. The Morgan fingerprint density at radius 3 is 2.56 bits per heavy atom. The second-order valence-corrected chi connectivity index (χ2v) is 7.32. The molecular formula is C20H15ClN4OS. The van der Waals surface area contributed by atoms with Crippen molar-refractivity contribution >= 4 is 28.8 Å². The van der Waals surface area contributed by atoms with Crippen molar-refractivity contribution < 1.29 is 4.79 Å². The Hall–Kier alpha value is -2.96. The summed E-state index contributed by atoms with van der Waals surface area (Å²) in [6, 6.07) is 18.7. The largest absolute Gasteiger partial charge is 0.347 e. The molecule has 27 heavy (non-hydrogen) atoms. The molecule has 0 aliphatic carbocycles. The number of aromatic nitrogens is 3. The van der Waals surface area contributed by atoms with Crippen LogP contribution in [0, 0.1) is 0 Å². The van der Waals surface area contributed by atoms with Crippen molar-refractivity contribution in [2.75, 3.05) is 0 Å². The molecule has 0 unspecified atom stereocenters. The molecule has 0 bridgehead atoms. The minimum Gasteiger partial charge on any atom is -0.347 e. The van der Waals surface area contributed by atoms with Crippen molar-refractivity contribution in [3.05, 3.63) is 87.7 Å². The first-order chi connectivity index (χ1) is 13.2. The average Bonchev–Trinajstić information content (AvgIpc) is 3.39. The zero-order valence-electron chi connectivity index (χ0n) is 14.2. The summed E-state index contributed by atoms with van der Waals surface area (Å²) in [6.07, 6.45) is 1.70. The third kappa shape index (κ3) is 3.92. The maximum Gasteiger partial charge on any atom is 0.251 e. The van der Waals surface area contributed by atoms with E-state index in [1.165, 1.54) is 0 Å². The summed E-state index contributed by atoms with van der Waals surface area (Å²) in [6.45, 7) is 0.530. The van der Waals surface area contributed by atoms with Gasteiger partial charge in [-0.2, -0.15) is 0 Å². The van der Waals surface area contributed by atoms with Crippen LogP contribution >= 0.6 is 22.9 Å². The van der Waals surface area contributed by atoms with Gasteiger partial charge in [0.15, 0.2) is 0 Å². The highest BCUT2D eigenvalue weighted by molar-refractivity contribution is 7.09. The van der Waals surface area contributed by atoms with Crippen molar-refractivity contribution in [2.24, 2.45) is 0 Å². The number of nitrogens with one attached hydrogen (secondary N) is 1. The Labute approximate surface area is 165 Å². The first-order valence-electron chi connectivity index (χ1n) is 8.28. The molecule has 0 aliphatic rings. The summed E-state index contributed by atoms with van der Waals surface area (Å²) >= 11 is 7.58. The van der Waals surface area contributed by atoms with Gasteiger partial charge in [0.25, 0.3) is 5.91 Å². The van der Waals surface area contributed by atoms with Crippen molar-refractivity contribution in [3.63, 3.8) is 0 Å². The van der Waals surface area contributed by atoms with Gasteiger partial charge in [-0.05, 0) is 47.8 Å². The summed E-state index contributed by atoms with van der Waals surface area (Å²) < 4.78 is 1.73. The molecule has 5 nitrogen and oxygen atoms in total. The second kappa shape index (κ2) is 7.73. The van der Waals surface area contributed by atoms with Crippen LogP contribution in [-0.2, 0) is 6.54 Å². The Kier molecular flexibility index (Phi) is 5.00. The molecule has 0 saturated carbocycles. The highest BCUT2D eigenvalue weighted by Crippen LogP contribution is 2.23. The summed E-state index contributed by atoms with van der Waals surface area (Å²) in [5, 5.41) is 13.8. The molecule has 1 amide bonds. The fourth-order valence-electron chi connectivity index (χ4n) is 2.68. The molecule has 4 aromatic rings. The molecule has 1 N–H and O–H groups in total. The minimum atomic E-state index is -0.105. The van der Waals surface area contributed by atoms with Gasteiger partial charge in [0.1, 0.15) is 0 Å². The van der Waals surface area contributed by atoms with E-state index >= 15 is 0 Å². The number of hydrogen-bond acceptors (Lipinski definition) is 4. The van der Waals surface area contributed by atoms with Gasteiger partial charge in [-0.3, -0.25) is 4.79 Å². The van der Waals surface area contributed by atoms with Crippen LogP contribution in [0.15, 0.2) is 72.2 Å². The molecule has 4 rings (SSSR count). The zero-order chi connectivity index (χ0) is 18.6. The first kappa shape index (κ1) is 17.5. The molecular weight excluding hydrogens is 380 g/mol. The van der Waals surface area contributed by atoms with E-state index in [-0.39, 0.29) is 5.91 Å². The highest BCUT2D eigenvalue weighted by Gasteiger charge is 2.10. The molecule has 2 aromatic heterocycles. The molecule has 0 atom stereocenters. The number of rotatable bonds is 5. The van der Waals surface area contributed by atoms with Gasteiger partial charge >= 0.3 is 0 Å².